The number of nitrogens with one attached hydrogen (secondary N) is 1. The predicted molar refractivity (Wildman–Crippen MR) is 94.7 cm³/mol. The summed E-state index contributed by atoms with van der Waals surface area (Å²) >= 11 is 14.1. The van der Waals surface area contributed by atoms with E-state index in [9.17, 15) is 0 Å². The average molecular weight is 342 g/mol. The van der Waals surface area contributed by atoms with Crippen molar-refractivity contribution in [2.24, 2.45) is 0 Å². The highest BCUT2D eigenvalue weighted by molar-refractivity contribution is 7.12. The first-order valence-corrected chi connectivity index (χ1v) is 8.62. The van der Waals surface area contributed by atoms with E-state index in [0.29, 0.717) is 10.0 Å². The third kappa shape index (κ3) is 4.46. The van der Waals surface area contributed by atoms with Crippen LogP contribution in [0.1, 0.15) is 49.1 Å². The number of rotatable bonds is 4. The van der Waals surface area contributed by atoms with E-state index in [4.69, 9.17) is 23.2 Å². The molecule has 1 nitrogen and oxygen atoms in total. The van der Waals surface area contributed by atoms with E-state index >= 15 is 0 Å². The topological polar surface area (TPSA) is 12.0 Å². The van der Waals surface area contributed by atoms with Crippen LogP contribution >= 0.6 is 34.5 Å². The molecule has 1 N–H and O–H groups in total. The van der Waals surface area contributed by atoms with Crippen LogP contribution in [0.3, 0.4) is 0 Å². The van der Waals surface area contributed by atoms with Gasteiger partial charge in [-0.3, -0.25) is 0 Å². The van der Waals surface area contributed by atoms with Gasteiger partial charge in [0.25, 0.3) is 0 Å². The van der Waals surface area contributed by atoms with E-state index < -0.39 is 0 Å². The summed E-state index contributed by atoms with van der Waals surface area (Å²) in [7, 11) is 0. The zero-order valence-corrected chi connectivity index (χ0v) is 15.2. The predicted octanol–water partition coefficient (Wildman–Crippen LogP) is 6.20. The van der Waals surface area contributed by atoms with Crippen LogP contribution in [-0.4, -0.2) is 0 Å². The molecule has 1 unspecified atom stereocenters. The van der Waals surface area contributed by atoms with Crippen molar-refractivity contribution in [1.82, 2.24) is 5.32 Å². The van der Waals surface area contributed by atoms with Crippen LogP contribution < -0.4 is 5.32 Å². The SMILES string of the molecule is CC(NCc1ccc(C(C)(C)C)s1)c1ccc(Cl)cc1Cl. The lowest BCUT2D eigenvalue weighted by atomic mass is 9.95. The first kappa shape index (κ1) is 16.8. The van der Waals surface area contributed by atoms with Gasteiger partial charge in [-0.15, -0.1) is 11.3 Å². The maximum Gasteiger partial charge on any atom is 0.0468 e. The molecule has 0 radical (unpaired) electrons. The summed E-state index contributed by atoms with van der Waals surface area (Å²) in [5.74, 6) is 0. The van der Waals surface area contributed by atoms with Gasteiger partial charge in [0.15, 0.2) is 0 Å². The fraction of sp³-hybridized carbons (Fsp3) is 0.412. The Labute approximate surface area is 141 Å². The highest BCUT2D eigenvalue weighted by atomic mass is 35.5. The minimum atomic E-state index is 0.190. The molecule has 0 saturated heterocycles. The molecule has 114 valence electrons. The number of hydrogen-bond donors (Lipinski definition) is 1. The van der Waals surface area contributed by atoms with E-state index in [1.807, 2.05) is 23.5 Å². The minimum Gasteiger partial charge on any atom is -0.305 e. The molecular weight excluding hydrogens is 321 g/mol. The highest BCUT2D eigenvalue weighted by Crippen LogP contribution is 2.30. The molecule has 0 bridgehead atoms. The first-order chi connectivity index (χ1) is 9.77. The molecule has 0 aliphatic rings. The molecule has 0 aliphatic heterocycles. The molecule has 1 heterocycles. The van der Waals surface area contributed by atoms with Gasteiger partial charge in [-0.2, -0.15) is 0 Å². The Morgan fingerprint density at radius 2 is 1.86 bits per heavy atom. The maximum absolute atomic E-state index is 6.25. The Bertz CT molecular complexity index is 613. The second-order valence-electron chi connectivity index (χ2n) is 6.28. The highest BCUT2D eigenvalue weighted by Gasteiger charge is 2.16. The minimum absolute atomic E-state index is 0.190. The van der Waals surface area contributed by atoms with Crippen LogP contribution in [0.2, 0.25) is 10.0 Å². The van der Waals surface area contributed by atoms with Crippen molar-refractivity contribution < 1.29 is 0 Å². The van der Waals surface area contributed by atoms with E-state index in [1.54, 1.807) is 6.07 Å². The van der Waals surface area contributed by atoms with Crippen molar-refractivity contribution in [1.29, 1.82) is 0 Å². The second kappa shape index (κ2) is 6.70. The third-order valence-electron chi connectivity index (χ3n) is 3.41. The van der Waals surface area contributed by atoms with E-state index in [1.165, 1.54) is 9.75 Å². The van der Waals surface area contributed by atoms with Crippen molar-refractivity contribution in [2.75, 3.05) is 0 Å². The van der Waals surface area contributed by atoms with Crippen molar-refractivity contribution in [3.63, 3.8) is 0 Å². The zero-order chi connectivity index (χ0) is 15.6. The van der Waals surface area contributed by atoms with Gasteiger partial charge in [0, 0.05) is 32.4 Å². The molecule has 0 spiro atoms. The van der Waals surface area contributed by atoms with Gasteiger partial charge >= 0.3 is 0 Å². The Balaban J connectivity index is 2.01. The maximum atomic E-state index is 6.25. The van der Waals surface area contributed by atoms with Gasteiger partial charge in [-0.25, -0.2) is 0 Å². The quantitative estimate of drug-likeness (QED) is 0.697. The molecule has 0 aliphatic carbocycles. The zero-order valence-electron chi connectivity index (χ0n) is 12.8. The standard InChI is InChI=1S/C17H21Cl2NS/c1-11(14-7-5-12(18)9-15(14)19)20-10-13-6-8-16(21-13)17(2,3)4/h5-9,11,20H,10H2,1-4H3. The molecule has 1 aromatic heterocycles. The molecule has 0 amide bonds. The molecule has 1 atom stereocenters. The van der Waals surface area contributed by atoms with Gasteiger partial charge in [0.1, 0.15) is 0 Å². The third-order valence-corrected chi connectivity index (χ3v) is 5.49. The molecule has 1 aromatic carbocycles. The van der Waals surface area contributed by atoms with E-state index in [0.717, 1.165) is 12.1 Å². The lowest BCUT2D eigenvalue weighted by molar-refractivity contribution is 0.579. The number of halogens is 2. The summed E-state index contributed by atoms with van der Waals surface area (Å²) in [5, 5.41) is 4.91. The Morgan fingerprint density at radius 3 is 2.43 bits per heavy atom. The molecule has 4 heteroatoms. The number of hydrogen-bond acceptors (Lipinski definition) is 2. The number of benzene rings is 1. The van der Waals surface area contributed by atoms with E-state index in [2.05, 4.69) is 45.1 Å². The fourth-order valence-electron chi connectivity index (χ4n) is 2.09. The van der Waals surface area contributed by atoms with Crippen molar-refractivity contribution in [2.45, 2.75) is 45.7 Å². The van der Waals surface area contributed by atoms with Crippen LogP contribution in [0.15, 0.2) is 30.3 Å². The average Bonchev–Trinajstić information content (AvgIpc) is 2.84. The molecule has 0 saturated carbocycles. The van der Waals surface area contributed by atoms with Crippen LogP contribution in [0.25, 0.3) is 0 Å². The van der Waals surface area contributed by atoms with Gasteiger partial charge < -0.3 is 5.32 Å². The normalized spacial score (nSPS) is 13.4. The van der Waals surface area contributed by atoms with Gasteiger partial charge in [-0.05, 0) is 42.2 Å². The van der Waals surface area contributed by atoms with Crippen LogP contribution in [0.4, 0.5) is 0 Å². The van der Waals surface area contributed by atoms with Crippen LogP contribution in [-0.2, 0) is 12.0 Å². The van der Waals surface area contributed by atoms with Crippen molar-refractivity contribution >= 4 is 34.5 Å². The summed E-state index contributed by atoms with van der Waals surface area (Å²) in [4.78, 5) is 2.76. The summed E-state index contributed by atoms with van der Waals surface area (Å²) in [5.41, 5.74) is 1.29. The van der Waals surface area contributed by atoms with Crippen molar-refractivity contribution in [3.05, 3.63) is 55.7 Å². The first-order valence-electron chi connectivity index (χ1n) is 7.05. The summed E-state index contributed by atoms with van der Waals surface area (Å²) < 4.78 is 0. The van der Waals surface area contributed by atoms with Crippen LogP contribution in [0.5, 0.6) is 0 Å². The van der Waals surface area contributed by atoms with Crippen LogP contribution in [0, 0.1) is 0 Å². The lowest BCUT2D eigenvalue weighted by Gasteiger charge is -2.16. The van der Waals surface area contributed by atoms with E-state index in [-0.39, 0.29) is 11.5 Å². The second-order valence-corrected chi connectivity index (χ2v) is 8.30. The molecule has 21 heavy (non-hydrogen) atoms. The lowest BCUT2D eigenvalue weighted by Crippen LogP contribution is -2.17. The monoisotopic (exact) mass is 341 g/mol. The Hall–Kier alpha value is -0.540. The molecule has 2 rings (SSSR count). The van der Waals surface area contributed by atoms with Gasteiger partial charge in [0.2, 0.25) is 0 Å². The molecular formula is C17H21Cl2NS. The Morgan fingerprint density at radius 1 is 1.14 bits per heavy atom. The smallest absolute Gasteiger partial charge is 0.0468 e. The summed E-state index contributed by atoms with van der Waals surface area (Å²) in [6.07, 6.45) is 0. The number of thiophene rings is 1. The van der Waals surface area contributed by atoms with Gasteiger partial charge in [-0.1, -0.05) is 50.0 Å². The summed E-state index contributed by atoms with van der Waals surface area (Å²) in [6.45, 7) is 9.69. The fourth-order valence-corrected chi connectivity index (χ4v) is 3.68. The van der Waals surface area contributed by atoms with Gasteiger partial charge in [0.05, 0.1) is 0 Å². The molecule has 2 aromatic rings. The summed E-state index contributed by atoms with van der Waals surface area (Å²) in [6, 6.07) is 10.3. The largest absolute Gasteiger partial charge is 0.305 e. The molecule has 0 fully saturated rings. The van der Waals surface area contributed by atoms with Crippen molar-refractivity contribution in [3.8, 4) is 0 Å². The Kier molecular flexibility index (Phi) is 5.37.